The van der Waals surface area contributed by atoms with Gasteiger partial charge in [-0.05, 0) is 30.5 Å². The van der Waals surface area contributed by atoms with Crippen molar-refractivity contribution in [3.63, 3.8) is 0 Å². The molecule has 6 heteroatoms. The lowest BCUT2D eigenvalue weighted by Crippen LogP contribution is -2.32. The first kappa shape index (κ1) is 14.5. The number of ether oxygens (including phenoxy) is 1. The summed E-state index contributed by atoms with van der Waals surface area (Å²) in [6, 6.07) is 7.03. The van der Waals surface area contributed by atoms with Gasteiger partial charge < -0.3 is 25.4 Å². The molecule has 114 valence electrons. The Balaban J connectivity index is 1.70. The Kier molecular flexibility index (Phi) is 3.95. The molecule has 4 N–H and O–H groups in total. The topological polar surface area (TPSA) is 99.0 Å². The van der Waals surface area contributed by atoms with Crippen molar-refractivity contribution in [2.45, 2.75) is 43.3 Å². The van der Waals surface area contributed by atoms with Crippen molar-refractivity contribution in [1.82, 2.24) is 5.32 Å². The second kappa shape index (κ2) is 5.73. The van der Waals surface area contributed by atoms with E-state index in [0.29, 0.717) is 17.2 Å². The van der Waals surface area contributed by atoms with Crippen molar-refractivity contribution in [3.8, 4) is 0 Å². The van der Waals surface area contributed by atoms with Gasteiger partial charge in [0, 0.05) is 11.6 Å². The first-order valence-electron chi connectivity index (χ1n) is 7.13. The first-order chi connectivity index (χ1) is 10.1. The van der Waals surface area contributed by atoms with Gasteiger partial charge in [0.15, 0.2) is 0 Å². The summed E-state index contributed by atoms with van der Waals surface area (Å²) in [6.07, 6.45) is -1.62. The van der Waals surface area contributed by atoms with Gasteiger partial charge in [-0.25, -0.2) is 0 Å². The highest BCUT2D eigenvalue weighted by molar-refractivity contribution is 5.94. The van der Waals surface area contributed by atoms with Crippen LogP contribution in [-0.4, -0.2) is 52.2 Å². The summed E-state index contributed by atoms with van der Waals surface area (Å²) < 4.78 is 5.45. The zero-order valence-electron chi connectivity index (χ0n) is 11.5. The molecular weight excluding hydrogens is 274 g/mol. The molecule has 2 fully saturated rings. The predicted octanol–water partition coefficient (Wildman–Crippen LogP) is -0.267. The molecule has 1 aliphatic heterocycles. The molecule has 0 aromatic heterocycles. The molecule has 1 aromatic carbocycles. The largest absolute Gasteiger partial charge is 0.394 e. The number of rotatable bonds is 4. The van der Waals surface area contributed by atoms with E-state index in [4.69, 9.17) is 9.84 Å². The lowest BCUT2D eigenvalue weighted by Gasteiger charge is -2.15. The van der Waals surface area contributed by atoms with E-state index in [9.17, 15) is 15.0 Å². The lowest BCUT2D eigenvalue weighted by atomic mass is 10.0. The second-order valence-electron chi connectivity index (χ2n) is 5.63. The van der Waals surface area contributed by atoms with E-state index in [1.807, 2.05) is 0 Å². The maximum atomic E-state index is 11.9. The van der Waals surface area contributed by atoms with E-state index < -0.39 is 24.4 Å². The van der Waals surface area contributed by atoms with Crippen LogP contribution in [0.25, 0.3) is 0 Å². The highest BCUT2D eigenvalue weighted by Crippen LogP contribution is 2.33. The summed E-state index contributed by atoms with van der Waals surface area (Å²) in [7, 11) is 0. The Labute approximate surface area is 122 Å². The third-order valence-corrected chi connectivity index (χ3v) is 3.96. The van der Waals surface area contributed by atoms with Crippen molar-refractivity contribution >= 4 is 5.91 Å². The highest BCUT2D eigenvalue weighted by Gasteiger charge is 2.42. The molecule has 0 bridgehead atoms. The average molecular weight is 293 g/mol. The molecule has 1 aliphatic carbocycles. The average Bonchev–Trinajstić information content (AvgIpc) is 3.26. The van der Waals surface area contributed by atoms with E-state index in [0.717, 1.165) is 12.8 Å². The van der Waals surface area contributed by atoms with Gasteiger partial charge in [0.2, 0.25) is 0 Å². The van der Waals surface area contributed by atoms with Gasteiger partial charge in [0.05, 0.1) is 6.61 Å². The van der Waals surface area contributed by atoms with Gasteiger partial charge in [0.25, 0.3) is 5.91 Å². The quantitative estimate of drug-likeness (QED) is 0.612. The number of nitrogens with one attached hydrogen (secondary N) is 1. The van der Waals surface area contributed by atoms with Crippen molar-refractivity contribution in [3.05, 3.63) is 35.4 Å². The SMILES string of the molecule is O=C(NC1CC1)c1ccc([C@@H]2O[C@H](CO)[C@@H](O)[C@H]2O)cc1. The fourth-order valence-electron chi connectivity index (χ4n) is 2.50. The fourth-order valence-corrected chi connectivity index (χ4v) is 2.50. The number of amides is 1. The summed E-state index contributed by atoms with van der Waals surface area (Å²) in [5.74, 6) is -0.106. The maximum Gasteiger partial charge on any atom is 0.251 e. The molecular formula is C15H19NO5. The van der Waals surface area contributed by atoms with Gasteiger partial charge >= 0.3 is 0 Å². The van der Waals surface area contributed by atoms with Crippen LogP contribution in [0.15, 0.2) is 24.3 Å². The Hall–Kier alpha value is -1.47. The number of aliphatic hydroxyl groups is 3. The smallest absolute Gasteiger partial charge is 0.251 e. The van der Waals surface area contributed by atoms with E-state index in [-0.39, 0.29) is 12.5 Å². The Morgan fingerprint density at radius 2 is 1.86 bits per heavy atom. The normalized spacial score (nSPS) is 32.1. The number of hydrogen-bond acceptors (Lipinski definition) is 5. The number of carbonyl (C=O) groups is 1. The van der Waals surface area contributed by atoms with Gasteiger partial charge in [-0.1, -0.05) is 12.1 Å². The molecule has 21 heavy (non-hydrogen) atoms. The molecule has 4 atom stereocenters. The molecule has 1 amide bonds. The summed E-state index contributed by atoms with van der Waals surface area (Å²) in [5, 5.41) is 31.7. The van der Waals surface area contributed by atoms with Crippen molar-refractivity contribution < 1.29 is 24.9 Å². The van der Waals surface area contributed by atoms with Gasteiger partial charge in [0.1, 0.15) is 24.4 Å². The number of carbonyl (C=O) groups excluding carboxylic acids is 1. The Morgan fingerprint density at radius 1 is 1.19 bits per heavy atom. The van der Waals surface area contributed by atoms with Crippen LogP contribution in [0, 0.1) is 0 Å². The summed E-state index contributed by atoms with van der Waals surface area (Å²) in [6.45, 7) is -0.351. The van der Waals surface area contributed by atoms with Crippen molar-refractivity contribution in [1.29, 1.82) is 0 Å². The molecule has 2 aliphatic rings. The molecule has 3 rings (SSSR count). The summed E-state index contributed by atoms with van der Waals surface area (Å²) in [4.78, 5) is 11.9. The maximum absolute atomic E-state index is 11.9. The summed E-state index contributed by atoms with van der Waals surface area (Å²) >= 11 is 0. The minimum Gasteiger partial charge on any atom is -0.394 e. The van der Waals surface area contributed by atoms with Crippen LogP contribution in [0.3, 0.4) is 0 Å². The molecule has 1 saturated carbocycles. The molecule has 0 spiro atoms. The third-order valence-electron chi connectivity index (χ3n) is 3.96. The number of aliphatic hydroxyl groups excluding tert-OH is 3. The van der Waals surface area contributed by atoms with E-state index >= 15 is 0 Å². The predicted molar refractivity (Wildman–Crippen MR) is 73.6 cm³/mol. The van der Waals surface area contributed by atoms with E-state index in [1.54, 1.807) is 24.3 Å². The first-order valence-corrected chi connectivity index (χ1v) is 7.13. The lowest BCUT2D eigenvalue weighted by molar-refractivity contribution is -0.0227. The zero-order valence-corrected chi connectivity index (χ0v) is 11.5. The molecule has 1 aromatic rings. The van der Waals surface area contributed by atoms with Gasteiger partial charge in [-0.3, -0.25) is 4.79 Å². The molecule has 1 heterocycles. The fraction of sp³-hybridized carbons (Fsp3) is 0.533. The monoisotopic (exact) mass is 293 g/mol. The molecule has 0 radical (unpaired) electrons. The van der Waals surface area contributed by atoms with Crippen LogP contribution >= 0.6 is 0 Å². The van der Waals surface area contributed by atoms with Crippen LogP contribution in [0.2, 0.25) is 0 Å². The third kappa shape index (κ3) is 2.94. The van der Waals surface area contributed by atoms with Crippen molar-refractivity contribution in [2.24, 2.45) is 0 Å². The van der Waals surface area contributed by atoms with E-state index in [2.05, 4.69) is 5.32 Å². The summed E-state index contributed by atoms with van der Waals surface area (Å²) in [5.41, 5.74) is 1.22. The minimum atomic E-state index is -1.11. The molecule has 6 nitrogen and oxygen atoms in total. The van der Waals surface area contributed by atoms with Crippen LogP contribution in [0.1, 0.15) is 34.9 Å². The Bertz CT molecular complexity index is 513. The second-order valence-corrected chi connectivity index (χ2v) is 5.63. The number of hydrogen-bond donors (Lipinski definition) is 4. The van der Waals surface area contributed by atoms with Gasteiger partial charge in [-0.2, -0.15) is 0 Å². The molecule has 1 saturated heterocycles. The van der Waals surface area contributed by atoms with Crippen LogP contribution in [0.4, 0.5) is 0 Å². The number of benzene rings is 1. The van der Waals surface area contributed by atoms with Crippen molar-refractivity contribution in [2.75, 3.05) is 6.61 Å². The zero-order chi connectivity index (χ0) is 15.0. The van der Waals surface area contributed by atoms with Crippen LogP contribution in [-0.2, 0) is 4.74 Å². The van der Waals surface area contributed by atoms with Crippen LogP contribution < -0.4 is 5.32 Å². The standard InChI is InChI=1S/C15H19NO5/c17-7-11-12(18)13(19)14(21-11)8-1-3-9(4-2-8)15(20)16-10-5-6-10/h1-4,10-14,17-19H,5-7H2,(H,16,20)/t11-,12-,13-,14+/m1/s1. The highest BCUT2D eigenvalue weighted by atomic mass is 16.6. The Morgan fingerprint density at radius 3 is 2.38 bits per heavy atom. The molecule has 0 unspecified atom stereocenters. The van der Waals surface area contributed by atoms with Gasteiger partial charge in [-0.15, -0.1) is 0 Å². The van der Waals surface area contributed by atoms with E-state index in [1.165, 1.54) is 0 Å². The van der Waals surface area contributed by atoms with Crippen LogP contribution in [0.5, 0.6) is 0 Å². The minimum absolute atomic E-state index is 0.106.